The molecule has 0 saturated heterocycles. The number of H-pyrrole nitrogens is 1. The van der Waals surface area contributed by atoms with Crippen LogP contribution in [-0.2, 0) is 10.0 Å². The van der Waals surface area contributed by atoms with Gasteiger partial charge in [-0.05, 0) is 25.1 Å². The molecule has 0 aliphatic heterocycles. The molecule has 2 aromatic rings. The highest BCUT2D eigenvalue weighted by Crippen LogP contribution is 2.19. The van der Waals surface area contributed by atoms with Gasteiger partial charge in [0.05, 0.1) is 23.1 Å². The van der Waals surface area contributed by atoms with E-state index in [1.165, 1.54) is 18.3 Å². The van der Waals surface area contributed by atoms with Crippen LogP contribution in [0, 0.1) is 24.6 Å². The minimum absolute atomic E-state index is 0.00633. The summed E-state index contributed by atoms with van der Waals surface area (Å²) in [6.45, 7) is 1.16. The number of rotatable bonds is 3. The third-order valence-electron chi connectivity index (χ3n) is 2.59. The summed E-state index contributed by atoms with van der Waals surface area (Å²) in [6, 6.07) is 3.64. The van der Waals surface area contributed by atoms with Crippen LogP contribution in [0.2, 0.25) is 0 Å². The Morgan fingerprint density at radius 1 is 1.48 bits per heavy atom. The first-order chi connectivity index (χ1) is 9.94. The molecule has 1 aromatic carbocycles. The van der Waals surface area contributed by atoms with Crippen LogP contribution in [0.4, 0.5) is 10.1 Å². The second-order valence-corrected chi connectivity index (χ2v) is 5.77. The molecule has 2 rings (SSSR count). The highest BCUT2D eigenvalue weighted by Gasteiger charge is 2.19. The number of aliphatic hydroxyl groups excluding tert-OH is 1. The Balaban J connectivity index is 2.34. The van der Waals surface area contributed by atoms with Gasteiger partial charge < -0.3 is 5.11 Å². The molecule has 0 fully saturated rings. The molecular weight excluding hydrogens is 297 g/mol. The van der Waals surface area contributed by atoms with Crippen molar-refractivity contribution in [3.05, 3.63) is 41.5 Å². The Hall–Kier alpha value is -2.37. The predicted octanol–water partition coefficient (Wildman–Crippen LogP) is 1.00. The monoisotopic (exact) mass is 309 g/mol. The average molecular weight is 309 g/mol. The van der Waals surface area contributed by atoms with Crippen molar-refractivity contribution < 1.29 is 17.9 Å². The van der Waals surface area contributed by atoms with Crippen LogP contribution in [-0.4, -0.2) is 30.3 Å². The largest absolute Gasteiger partial charge is 0.384 e. The molecule has 0 aliphatic carbocycles. The van der Waals surface area contributed by atoms with Gasteiger partial charge in [0, 0.05) is 0 Å². The van der Waals surface area contributed by atoms with Gasteiger partial charge in [0.25, 0.3) is 10.0 Å². The van der Waals surface area contributed by atoms with E-state index in [4.69, 9.17) is 5.11 Å². The first-order valence-electron chi connectivity index (χ1n) is 5.86. The van der Waals surface area contributed by atoms with Crippen molar-refractivity contribution in [3.63, 3.8) is 0 Å². The number of anilines is 1. The zero-order valence-electron chi connectivity index (χ0n) is 11.0. The maximum Gasteiger partial charge on any atom is 0.265 e. The summed E-state index contributed by atoms with van der Waals surface area (Å²) in [5.41, 5.74) is 0.553. The van der Waals surface area contributed by atoms with Crippen LogP contribution < -0.4 is 4.72 Å². The van der Waals surface area contributed by atoms with E-state index in [1.54, 1.807) is 6.92 Å². The number of aromatic amines is 1. The highest BCUT2D eigenvalue weighted by molar-refractivity contribution is 7.92. The fraction of sp³-hybridized carbons (Fsp3) is 0.154. The molecule has 0 spiro atoms. The molecule has 0 bridgehead atoms. The molecule has 0 atom stereocenters. The zero-order valence-corrected chi connectivity index (χ0v) is 11.8. The topological polar surface area (TPSA) is 95.1 Å². The number of aliphatic hydroxyl groups is 1. The average Bonchev–Trinajstić information content (AvgIpc) is 2.86. The van der Waals surface area contributed by atoms with Gasteiger partial charge in [-0.25, -0.2) is 12.8 Å². The molecule has 6 nitrogen and oxygen atoms in total. The van der Waals surface area contributed by atoms with Crippen molar-refractivity contribution in [1.82, 2.24) is 10.2 Å². The Labute approximate surface area is 121 Å². The van der Waals surface area contributed by atoms with Crippen molar-refractivity contribution in [3.8, 4) is 11.8 Å². The molecule has 0 radical (unpaired) electrons. The maximum atomic E-state index is 13.5. The minimum atomic E-state index is -3.81. The molecule has 1 aromatic heterocycles. The third kappa shape index (κ3) is 3.39. The van der Waals surface area contributed by atoms with Crippen molar-refractivity contribution in [1.29, 1.82) is 0 Å². The highest BCUT2D eigenvalue weighted by atomic mass is 32.2. The Kier molecular flexibility index (Phi) is 4.26. The summed E-state index contributed by atoms with van der Waals surface area (Å²) < 4.78 is 40.1. The quantitative estimate of drug-likeness (QED) is 0.737. The molecule has 110 valence electrons. The van der Waals surface area contributed by atoms with Crippen molar-refractivity contribution in [2.75, 3.05) is 11.3 Å². The second kappa shape index (κ2) is 5.95. The molecule has 1 heterocycles. The first-order valence-corrected chi connectivity index (χ1v) is 7.34. The van der Waals surface area contributed by atoms with E-state index >= 15 is 0 Å². The number of sulfonamides is 1. The standard InChI is InChI=1S/C13H12FN3O3S/c1-9-13(8-15-16-9)21(19,20)17-11-4-5-12(14)10(7-11)3-2-6-18/h4-5,7-8,17-18H,6H2,1H3,(H,15,16). The van der Waals surface area contributed by atoms with Crippen molar-refractivity contribution >= 4 is 15.7 Å². The van der Waals surface area contributed by atoms with E-state index in [9.17, 15) is 12.8 Å². The summed E-state index contributed by atoms with van der Waals surface area (Å²) in [6.07, 6.45) is 1.19. The molecule has 21 heavy (non-hydrogen) atoms. The van der Waals surface area contributed by atoms with Gasteiger partial charge in [-0.2, -0.15) is 5.10 Å². The lowest BCUT2D eigenvalue weighted by Crippen LogP contribution is -2.13. The first kappa shape index (κ1) is 15.0. The summed E-state index contributed by atoms with van der Waals surface area (Å²) in [5, 5.41) is 14.8. The van der Waals surface area contributed by atoms with E-state index in [2.05, 4.69) is 26.8 Å². The summed E-state index contributed by atoms with van der Waals surface area (Å²) in [7, 11) is -3.81. The number of aromatic nitrogens is 2. The van der Waals surface area contributed by atoms with Crippen molar-refractivity contribution in [2.45, 2.75) is 11.8 Å². The minimum Gasteiger partial charge on any atom is -0.384 e. The lowest BCUT2D eigenvalue weighted by Gasteiger charge is -2.07. The van der Waals surface area contributed by atoms with Gasteiger partial charge >= 0.3 is 0 Å². The number of benzene rings is 1. The molecule has 0 aliphatic rings. The fourth-order valence-electron chi connectivity index (χ4n) is 1.64. The van der Waals surface area contributed by atoms with Gasteiger partial charge in [-0.3, -0.25) is 9.82 Å². The van der Waals surface area contributed by atoms with Crippen LogP contribution in [0.5, 0.6) is 0 Å². The third-order valence-corrected chi connectivity index (χ3v) is 4.09. The van der Waals surface area contributed by atoms with Crippen LogP contribution in [0.1, 0.15) is 11.3 Å². The molecule has 0 amide bonds. The van der Waals surface area contributed by atoms with E-state index in [0.717, 1.165) is 6.07 Å². The number of hydrogen-bond acceptors (Lipinski definition) is 4. The smallest absolute Gasteiger partial charge is 0.265 e. The van der Waals surface area contributed by atoms with Crippen LogP contribution in [0.3, 0.4) is 0 Å². The van der Waals surface area contributed by atoms with E-state index in [-0.39, 0.29) is 16.1 Å². The van der Waals surface area contributed by atoms with Gasteiger partial charge in [-0.1, -0.05) is 11.8 Å². The lowest BCUT2D eigenvalue weighted by atomic mass is 10.2. The molecular formula is C13H12FN3O3S. The summed E-state index contributed by atoms with van der Waals surface area (Å²) in [5.74, 6) is 4.11. The number of hydrogen-bond donors (Lipinski definition) is 3. The van der Waals surface area contributed by atoms with E-state index in [0.29, 0.717) is 5.69 Å². The number of aryl methyl sites for hydroxylation is 1. The summed E-state index contributed by atoms with van der Waals surface area (Å²) in [4.78, 5) is 0.00909. The number of nitrogens with zero attached hydrogens (tertiary/aromatic N) is 1. The van der Waals surface area contributed by atoms with Crippen LogP contribution in [0.25, 0.3) is 0 Å². The maximum absolute atomic E-state index is 13.5. The number of halogens is 1. The predicted molar refractivity (Wildman–Crippen MR) is 74.5 cm³/mol. The molecule has 0 unspecified atom stereocenters. The fourth-order valence-corrected chi connectivity index (χ4v) is 2.83. The van der Waals surface area contributed by atoms with E-state index < -0.39 is 22.4 Å². The lowest BCUT2D eigenvalue weighted by molar-refractivity contribution is 0.350. The van der Waals surface area contributed by atoms with Gasteiger partial charge in [0.15, 0.2) is 0 Å². The SMILES string of the molecule is Cc1[nH]ncc1S(=O)(=O)Nc1ccc(F)c(C#CCO)c1. The normalized spacial score (nSPS) is 10.8. The second-order valence-electron chi connectivity index (χ2n) is 4.12. The van der Waals surface area contributed by atoms with Gasteiger partial charge in [-0.15, -0.1) is 0 Å². The summed E-state index contributed by atoms with van der Waals surface area (Å²) >= 11 is 0. The van der Waals surface area contributed by atoms with Crippen LogP contribution in [0.15, 0.2) is 29.3 Å². The van der Waals surface area contributed by atoms with Gasteiger partial charge in [0.2, 0.25) is 0 Å². The Bertz CT molecular complexity index is 819. The Morgan fingerprint density at radius 2 is 2.24 bits per heavy atom. The Morgan fingerprint density at radius 3 is 2.86 bits per heavy atom. The molecule has 3 N–H and O–H groups in total. The van der Waals surface area contributed by atoms with Gasteiger partial charge in [0.1, 0.15) is 17.3 Å². The molecule has 8 heteroatoms. The van der Waals surface area contributed by atoms with Crippen molar-refractivity contribution in [2.24, 2.45) is 0 Å². The van der Waals surface area contributed by atoms with E-state index in [1.807, 2.05) is 0 Å². The molecule has 0 saturated carbocycles. The number of nitrogens with one attached hydrogen (secondary N) is 2. The zero-order chi connectivity index (χ0) is 15.5. The van der Waals surface area contributed by atoms with Crippen LogP contribution >= 0.6 is 0 Å².